The molecule has 0 unspecified atom stereocenters. The van der Waals surface area contributed by atoms with Crippen molar-refractivity contribution in [2.24, 2.45) is 23.3 Å². The van der Waals surface area contributed by atoms with Gasteiger partial charge in [-0.3, -0.25) is 0 Å². The second kappa shape index (κ2) is 9.28. The van der Waals surface area contributed by atoms with Crippen LogP contribution in [0.5, 0.6) is 0 Å². The topological polar surface area (TPSA) is 104 Å². The molecule has 0 heterocycles. The van der Waals surface area contributed by atoms with Gasteiger partial charge in [0.1, 0.15) is 0 Å². The van der Waals surface area contributed by atoms with E-state index in [1.165, 1.54) is 57.8 Å². The summed E-state index contributed by atoms with van der Waals surface area (Å²) in [6.07, 6.45) is 12.0. The summed E-state index contributed by atoms with van der Waals surface area (Å²) in [4.78, 5) is 0. The van der Waals surface area contributed by atoms with Crippen LogP contribution < -0.4 is 22.9 Å². The van der Waals surface area contributed by atoms with Gasteiger partial charge >= 0.3 is 0 Å². The van der Waals surface area contributed by atoms with E-state index in [1.54, 1.807) is 0 Å². The molecule has 24 heavy (non-hydrogen) atoms. The Morgan fingerprint density at radius 3 is 1.46 bits per heavy atom. The third-order valence-electron chi connectivity index (χ3n) is 5.87. The lowest BCUT2D eigenvalue weighted by atomic mass is 9.76. The standard InChI is InChI=1S/C13H26N2.C7H10N2/c14-12-5-1-10(2-6-12)9-11-3-7-13(15)8-4-11;1-5-6(8)3-2-4-7(5)9/h10-13H,1-9,14-15H2;2-4H,8-9H2,1H3. The predicted molar refractivity (Wildman–Crippen MR) is 104 cm³/mol. The van der Waals surface area contributed by atoms with E-state index >= 15 is 0 Å². The van der Waals surface area contributed by atoms with Crippen LogP contribution in [-0.2, 0) is 0 Å². The van der Waals surface area contributed by atoms with Crippen LogP contribution in [0, 0.1) is 18.8 Å². The Labute approximate surface area is 147 Å². The highest BCUT2D eigenvalue weighted by Gasteiger charge is 2.24. The minimum Gasteiger partial charge on any atom is -0.398 e. The number of hydrogen-bond donors (Lipinski definition) is 4. The van der Waals surface area contributed by atoms with Crippen LogP contribution in [0.25, 0.3) is 0 Å². The highest BCUT2D eigenvalue weighted by molar-refractivity contribution is 5.59. The molecule has 3 rings (SSSR count). The average molecular weight is 333 g/mol. The molecule has 4 heteroatoms. The van der Waals surface area contributed by atoms with E-state index in [4.69, 9.17) is 22.9 Å². The van der Waals surface area contributed by atoms with Crippen molar-refractivity contribution in [3.05, 3.63) is 23.8 Å². The molecular weight excluding hydrogens is 296 g/mol. The number of nitrogen functional groups attached to an aromatic ring is 2. The molecule has 0 bridgehead atoms. The lowest BCUT2D eigenvalue weighted by Crippen LogP contribution is -2.30. The second-order valence-electron chi connectivity index (χ2n) is 7.86. The molecule has 136 valence electrons. The van der Waals surface area contributed by atoms with Gasteiger partial charge in [-0.1, -0.05) is 6.07 Å². The van der Waals surface area contributed by atoms with Gasteiger partial charge < -0.3 is 22.9 Å². The molecule has 0 atom stereocenters. The van der Waals surface area contributed by atoms with Gasteiger partial charge in [-0.05, 0) is 94.2 Å². The van der Waals surface area contributed by atoms with Crippen molar-refractivity contribution in [2.75, 3.05) is 11.5 Å². The highest BCUT2D eigenvalue weighted by atomic mass is 14.6. The largest absolute Gasteiger partial charge is 0.398 e. The molecule has 8 N–H and O–H groups in total. The molecule has 0 spiro atoms. The number of benzene rings is 1. The van der Waals surface area contributed by atoms with Crippen LogP contribution in [0.3, 0.4) is 0 Å². The van der Waals surface area contributed by atoms with Crippen molar-refractivity contribution in [3.63, 3.8) is 0 Å². The van der Waals surface area contributed by atoms with Gasteiger partial charge in [0.25, 0.3) is 0 Å². The molecule has 1 aromatic rings. The van der Waals surface area contributed by atoms with Gasteiger partial charge in [-0.2, -0.15) is 0 Å². The van der Waals surface area contributed by atoms with Gasteiger partial charge in [-0.15, -0.1) is 0 Å². The molecule has 2 fully saturated rings. The van der Waals surface area contributed by atoms with E-state index in [0.717, 1.165) is 28.8 Å². The molecule has 4 nitrogen and oxygen atoms in total. The van der Waals surface area contributed by atoms with Crippen molar-refractivity contribution in [3.8, 4) is 0 Å². The number of anilines is 2. The number of nitrogens with two attached hydrogens (primary N) is 4. The van der Waals surface area contributed by atoms with E-state index in [2.05, 4.69) is 0 Å². The van der Waals surface area contributed by atoms with Crippen molar-refractivity contribution in [1.29, 1.82) is 0 Å². The highest BCUT2D eigenvalue weighted by Crippen LogP contribution is 2.34. The zero-order valence-corrected chi connectivity index (χ0v) is 15.2. The minimum atomic E-state index is 0.501. The molecule has 0 aromatic heterocycles. The third kappa shape index (κ3) is 5.99. The van der Waals surface area contributed by atoms with E-state index in [0.29, 0.717) is 12.1 Å². The third-order valence-corrected chi connectivity index (χ3v) is 5.87. The summed E-state index contributed by atoms with van der Waals surface area (Å²) < 4.78 is 0. The molecule has 2 aliphatic rings. The van der Waals surface area contributed by atoms with Crippen molar-refractivity contribution in [1.82, 2.24) is 0 Å². The summed E-state index contributed by atoms with van der Waals surface area (Å²) in [5.41, 5.74) is 25.4. The average Bonchev–Trinajstić information content (AvgIpc) is 2.57. The Hall–Kier alpha value is -1.26. The Balaban J connectivity index is 0.000000198. The van der Waals surface area contributed by atoms with Crippen molar-refractivity contribution in [2.45, 2.75) is 76.8 Å². The Morgan fingerprint density at radius 2 is 1.12 bits per heavy atom. The molecule has 2 saturated carbocycles. The first-order valence-corrected chi connectivity index (χ1v) is 9.57. The molecule has 2 aliphatic carbocycles. The molecule has 0 radical (unpaired) electrons. The van der Waals surface area contributed by atoms with Gasteiger partial charge in [0.15, 0.2) is 0 Å². The Bertz CT molecular complexity index is 446. The Kier molecular flexibility index (Phi) is 7.38. The lowest BCUT2D eigenvalue weighted by Gasteiger charge is -2.32. The maximum Gasteiger partial charge on any atom is 0.0364 e. The quantitative estimate of drug-likeness (QED) is 0.621. The first kappa shape index (κ1) is 19.1. The summed E-state index contributed by atoms with van der Waals surface area (Å²) in [7, 11) is 0. The minimum absolute atomic E-state index is 0.501. The smallest absolute Gasteiger partial charge is 0.0364 e. The first-order valence-electron chi connectivity index (χ1n) is 9.57. The number of rotatable bonds is 2. The fraction of sp³-hybridized carbons (Fsp3) is 0.700. The van der Waals surface area contributed by atoms with Gasteiger partial charge in [0.2, 0.25) is 0 Å². The first-order chi connectivity index (χ1) is 11.5. The molecular formula is C20H36N4. The summed E-state index contributed by atoms with van der Waals surface area (Å²) >= 11 is 0. The maximum absolute atomic E-state index is 5.93. The van der Waals surface area contributed by atoms with Crippen LogP contribution in [0.15, 0.2) is 18.2 Å². The summed E-state index contributed by atoms with van der Waals surface area (Å²) in [5.74, 6) is 1.95. The Morgan fingerprint density at radius 1 is 0.750 bits per heavy atom. The normalized spacial score (nSPS) is 30.3. The van der Waals surface area contributed by atoms with Crippen LogP contribution in [0.1, 0.15) is 63.4 Å². The second-order valence-corrected chi connectivity index (χ2v) is 7.86. The van der Waals surface area contributed by atoms with Crippen molar-refractivity contribution < 1.29 is 0 Å². The van der Waals surface area contributed by atoms with Crippen LogP contribution >= 0.6 is 0 Å². The van der Waals surface area contributed by atoms with E-state index < -0.39 is 0 Å². The number of hydrogen-bond acceptors (Lipinski definition) is 4. The zero-order chi connectivity index (χ0) is 17.5. The van der Waals surface area contributed by atoms with E-state index in [9.17, 15) is 0 Å². The summed E-state index contributed by atoms with van der Waals surface area (Å²) in [6.45, 7) is 1.91. The van der Waals surface area contributed by atoms with Gasteiger partial charge in [0, 0.05) is 23.5 Å². The molecule has 1 aromatic carbocycles. The lowest BCUT2D eigenvalue weighted by molar-refractivity contribution is 0.225. The summed E-state index contributed by atoms with van der Waals surface area (Å²) in [5, 5.41) is 0. The fourth-order valence-corrected chi connectivity index (χ4v) is 3.99. The van der Waals surface area contributed by atoms with E-state index in [1.807, 2.05) is 25.1 Å². The van der Waals surface area contributed by atoms with Gasteiger partial charge in [0.05, 0.1) is 0 Å². The fourth-order valence-electron chi connectivity index (χ4n) is 3.99. The van der Waals surface area contributed by atoms with Crippen LogP contribution in [-0.4, -0.2) is 12.1 Å². The van der Waals surface area contributed by atoms with Crippen LogP contribution in [0.2, 0.25) is 0 Å². The van der Waals surface area contributed by atoms with Gasteiger partial charge in [-0.25, -0.2) is 0 Å². The van der Waals surface area contributed by atoms with E-state index in [-0.39, 0.29) is 0 Å². The molecule has 0 saturated heterocycles. The predicted octanol–water partition coefficient (Wildman–Crippen LogP) is 3.57. The zero-order valence-electron chi connectivity index (χ0n) is 15.2. The molecule has 0 amide bonds. The van der Waals surface area contributed by atoms with Crippen LogP contribution in [0.4, 0.5) is 11.4 Å². The maximum atomic E-state index is 5.93. The van der Waals surface area contributed by atoms with Crippen molar-refractivity contribution >= 4 is 11.4 Å². The monoisotopic (exact) mass is 332 g/mol. The SMILES string of the molecule is Cc1c(N)cccc1N.NC1CCC(CC2CCC(N)CC2)CC1. The molecule has 0 aliphatic heterocycles. The summed E-state index contributed by atoms with van der Waals surface area (Å²) in [6, 6.07) is 6.52.